The largest absolute Gasteiger partial charge is 0.490 e. The number of aryl methyl sites for hydroxylation is 1. The van der Waals surface area contributed by atoms with Crippen molar-refractivity contribution in [1.29, 1.82) is 0 Å². The molecule has 2 aromatic rings. The summed E-state index contributed by atoms with van der Waals surface area (Å²) in [5.41, 5.74) is 2.27. The van der Waals surface area contributed by atoms with Crippen LogP contribution in [0.2, 0.25) is 0 Å². The zero-order chi connectivity index (χ0) is 13.9. The first-order valence-corrected chi connectivity index (χ1v) is 6.83. The van der Waals surface area contributed by atoms with Gasteiger partial charge in [-0.25, -0.2) is 0 Å². The topological polar surface area (TPSA) is 48.3 Å². The van der Waals surface area contributed by atoms with Crippen molar-refractivity contribution in [3.63, 3.8) is 0 Å². The van der Waals surface area contributed by atoms with Crippen LogP contribution in [0.4, 0.5) is 0 Å². The maximum Gasteiger partial charge on any atom is 0.161 e. The van der Waals surface area contributed by atoms with Gasteiger partial charge in [-0.05, 0) is 24.7 Å². The van der Waals surface area contributed by atoms with E-state index in [9.17, 15) is 0 Å². The third-order valence-electron chi connectivity index (χ3n) is 3.45. The molecule has 1 N–H and O–H groups in total. The van der Waals surface area contributed by atoms with Crippen molar-refractivity contribution in [2.45, 2.75) is 12.5 Å². The summed E-state index contributed by atoms with van der Waals surface area (Å²) < 4.78 is 13.2. The molecule has 1 aromatic heterocycles. The first-order valence-electron chi connectivity index (χ1n) is 6.83. The highest BCUT2D eigenvalue weighted by Crippen LogP contribution is 2.33. The minimum Gasteiger partial charge on any atom is -0.490 e. The van der Waals surface area contributed by atoms with E-state index in [-0.39, 0.29) is 6.04 Å². The Labute approximate surface area is 118 Å². The lowest BCUT2D eigenvalue weighted by molar-refractivity contribution is 0.297. The molecule has 1 aliphatic heterocycles. The van der Waals surface area contributed by atoms with E-state index in [4.69, 9.17) is 9.47 Å². The van der Waals surface area contributed by atoms with Gasteiger partial charge in [0.15, 0.2) is 11.5 Å². The maximum atomic E-state index is 5.75. The van der Waals surface area contributed by atoms with Gasteiger partial charge in [0.1, 0.15) is 0 Å². The molecule has 1 unspecified atom stereocenters. The highest BCUT2D eigenvalue weighted by Gasteiger charge is 2.17. The summed E-state index contributed by atoms with van der Waals surface area (Å²) in [5, 5.41) is 7.55. The van der Waals surface area contributed by atoms with Crippen LogP contribution in [0.25, 0.3) is 0 Å². The third-order valence-corrected chi connectivity index (χ3v) is 3.45. The molecule has 106 valence electrons. The number of hydrogen-bond acceptors (Lipinski definition) is 4. The van der Waals surface area contributed by atoms with E-state index in [1.807, 2.05) is 37.2 Å². The number of hydrogen-bond donors (Lipinski definition) is 1. The first kappa shape index (κ1) is 13.0. The molecular formula is C15H19N3O2. The van der Waals surface area contributed by atoms with E-state index < -0.39 is 0 Å². The van der Waals surface area contributed by atoms with Crippen LogP contribution in [0.5, 0.6) is 11.5 Å². The fourth-order valence-corrected chi connectivity index (χ4v) is 2.47. The normalized spacial score (nSPS) is 15.7. The molecule has 3 rings (SSSR count). The summed E-state index contributed by atoms with van der Waals surface area (Å²) in [4.78, 5) is 0. The number of fused-ring (bicyclic) bond motifs is 1. The van der Waals surface area contributed by atoms with Crippen molar-refractivity contribution in [2.75, 3.05) is 20.3 Å². The van der Waals surface area contributed by atoms with E-state index >= 15 is 0 Å². The number of nitrogens with one attached hydrogen (secondary N) is 1. The van der Waals surface area contributed by atoms with Gasteiger partial charge in [-0.2, -0.15) is 5.10 Å². The molecule has 2 heterocycles. The van der Waals surface area contributed by atoms with Crippen LogP contribution in [0.3, 0.4) is 0 Å². The van der Waals surface area contributed by atoms with E-state index in [1.165, 1.54) is 0 Å². The number of rotatable bonds is 3. The lowest BCUT2D eigenvalue weighted by Gasteiger charge is -2.17. The number of benzene rings is 1. The average molecular weight is 273 g/mol. The van der Waals surface area contributed by atoms with Crippen molar-refractivity contribution >= 4 is 0 Å². The Hall–Kier alpha value is -2.01. The van der Waals surface area contributed by atoms with Crippen LogP contribution < -0.4 is 14.8 Å². The molecule has 1 aliphatic rings. The van der Waals surface area contributed by atoms with Gasteiger partial charge >= 0.3 is 0 Å². The predicted molar refractivity (Wildman–Crippen MR) is 76.2 cm³/mol. The van der Waals surface area contributed by atoms with Gasteiger partial charge in [0, 0.05) is 25.2 Å². The van der Waals surface area contributed by atoms with Crippen LogP contribution in [0, 0.1) is 0 Å². The lowest BCUT2D eigenvalue weighted by atomic mass is 10.0. The smallest absolute Gasteiger partial charge is 0.161 e. The van der Waals surface area contributed by atoms with Crippen molar-refractivity contribution in [3.8, 4) is 11.5 Å². The number of aromatic nitrogens is 2. The minimum atomic E-state index is 0.0980. The molecule has 0 radical (unpaired) electrons. The Kier molecular flexibility index (Phi) is 3.60. The molecule has 0 aliphatic carbocycles. The third kappa shape index (κ3) is 2.49. The fraction of sp³-hybridized carbons (Fsp3) is 0.400. The second kappa shape index (κ2) is 5.54. The zero-order valence-corrected chi connectivity index (χ0v) is 11.8. The van der Waals surface area contributed by atoms with Gasteiger partial charge in [-0.1, -0.05) is 6.07 Å². The summed E-state index contributed by atoms with van der Waals surface area (Å²) in [6, 6.07) is 6.20. The monoisotopic (exact) mass is 273 g/mol. The van der Waals surface area contributed by atoms with E-state index in [0.717, 1.165) is 29.0 Å². The van der Waals surface area contributed by atoms with E-state index in [1.54, 1.807) is 0 Å². The SMILES string of the molecule is CNC(c1ccc2c(c1)OCCCO2)c1cnn(C)c1. The second-order valence-electron chi connectivity index (χ2n) is 4.93. The van der Waals surface area contributed by atoms with Crippen LogP contribution in [-0.4, -0.2) is 30.0 Å². The zero-order valence-electron chi connectivity index (χ0n) is 11.8. The number of nitrogens with zero attached hydrogens (tertiary/aromatic N) is 2. The molecule has 0 spiro atoms. The Morgan fingerprint density at radius 1 is 1.20 bits per heavy atom. The Balaban J connectivity index is 1.94. The highest BCUT2D eigenvalue weighted by molar-refractivity contribution is 5.45. The summed E-state index contributed by atoms with van der Waals surface area (Å²) in [6.07, 6.45) is 4.82. The molecule has 20 heavy (non-hydrogen) atoms. The Morgan fingerprint density at radius 3 is 2.70 bits per heavy atom. The van der Waals surface area contributed by atoms with Crippen LogP contribution in [-0.2, 0) is 7.05 Å². The molecule has 5 heteroatoms. The molecule has 0 fully saturated rings. The molecule has 1 atom stereocenters. The molecule has 0 saturated carbocycles. The van der Waals surface area contributed by atoms with Crippen molar-refractivity contribution in [2.24, 2.45) is 7.05 Å². The Bertz CT molecular complexity index is 595. The maximum absolute atomic E-state index is 5.75. The predicted octanol–water partition coefficient (Wildman–Crippen LogP) is 1.89. The molecule has 0 amide bonds. The molecule has 0 saturated heterocycles. The van der Waals surface area contributed by atoms with Gasteiger partial charge in [-0.3, -0.25) is 4.68 Å². The first-order chi connectivity index (χ1) is 9.78. The van der Waals surface area contributed by atoms with Crippen molar-refractivity contribution in [1.82, 2.24) is 15.1 Å². The molecule has 5 nitrogen and oxygen atoms in total. The van der Waals surface area contributed by atoms with Gasteiger partial charge < -0.3 is 14.8 Å². The van der Waals surface area contributed by atoms with Gasteiger partial charge in [0.2, 0.25) is 0 Å². The van der Waals surface area contributed by atoms with E-state index in [2.05, 4.69) is 22.5 Å². The molecule has 1 aromatic carbocycles. The summed E-state index contributed by atoms with van der Waals surface area (Å²) in [6.45, 7) is 1.41. The van der Waals surface area contributed by atoms with Crippen LogP contribution >= 0.6 is 0 Å². The summed E-state index contributed by atoms with van der Waals surface area (Å²) in [5.74, 6) is 1.65. The van der Waals surface area contributed by atoms with Crippen molar-refractivity contribution in [3.05, 3.63) is 41.7 Å². The van der Waals surface area contributed by atoms with Gasteiger partial charge in [-0.15, -0.1) is 0 Å². The standard InChI is InChI=1S/C15H19N3O2/c1-16-15(12-9-17-18(2)10-12)11-4-5-13-14(8-11)20-7-3-6-19-13/h4-5,8-10,15-16H,3,6-7H2,1-2H3. The van der Waals surface area contributed by atoms with Crippen molar-refractivity contribution < 1.29 is 9.47 Å². The summed E-state index contributed by atoms with van der Waals surface area (Å²) >= 11 is 0. The van der Waals surface area contributed by atoms with E-state index in [0.29, 0.717) is 13.2 Å². The molecular weight excluding hydrogens is 254 g/mol. The Morgan fingerprint density at radius 2 is 2.00 bits per heavy atom. The summed E-state index contributed by atoms with van der Waals surface area (Å²) in [7, 11) is 3.87. The average Bonchev–Trinajstić information content (AvgIpc) is 2.75. The second-order valence-corrected chi connectivity index (χ2v) is 4.93. The highest BCUT2D eigenvalue weighted by atomic mass is 16.5. The minimum absolute atomic E-state index is 0.0980. The van der Waals surface area contributed by atoms with Crippen LogP contribution in [0.1, 0.15) is 23.6 Å². The number of ether oxygens (including phenoxy) is 2. The fourth-order valence-electron chi connectivity index (χ4n) is 2.47. The van der Waals surface area contributed by atoms with Crippen LogP contribution in [0.15, 0.2) is 30.6 Å². The van der Waals surface area contributed by atoms with Gasteiger partial charge in [0.05, 0.1) is 25.5 Å². The molecule has 0 bridgehead atoms. The quantitative estimate of drug-likeness (QED) is 0.927. The lowest BCUT2D eigenvalue weighted by Crippen LogP contribution is -2.17. The van der Waals surface area contributed by atoms with Gasteiger partial charge in [0.25, 0.3) is 0 Å².